The van der Waals surface area contributed by atoms with Gasteiger partial charge >= 0.3 is 0 Å². The Labute approximate surface area is 608 Å². The number of nitrogens with zero attached hydrogens (tertiary/aromatic N) is 2. The summed E-state index contributed by atoms with van der Waals surface area (Å²) in [5, 5.41) is 4.38. The zero-order valence-corrected chi connectivity index (χ0v) is 57.7. The summed E-state index contributed by atoms with van der Waals surface area (Å²) in [4.78, 5) is 4.95. The van der Waals surface area contributed by atoms with Gasteiger partial charge in [-0.05, 0) is 231 Å². The molecule has 0 radical (unpaired) electrons. The van der Waals surface area contributed by atoms with Gasteiger partial charge in [-0.25, -0.2) is 0 Å². The van der Waals surface area contributed by atoms with Crippen molar-refractivity contribution in [3.8, 4) is 77.9 Å². The van der Waals surface area contributed by atoms with Crippen molar-refractivity contribution >= 4 is 78.0 Å². The normalized spacial score (nSPS) is 15.1. The maximum Gasteiger partial charge on any atom is 0.135 e. The lowest BCUT2D eigenvalue weighted by atomic mass is 9.70. The van der Waals surface area contributed by atoms with Crippen LogP contribution in [-0.2, 0) is 16.2 Å². The summed E-state index contributed by atoms with van der Waals surface area (Å²) in [5.41, 5.74) is 39.2. The van der Waals surface area contributed by atoms with E-state index in [1.807, 2.05) is 6.07 Å². The molecule has 0 amide bonds. The van der Waals surface area contributed by atoms with Crippen LogP contribution in [-0.4, -0.2) is 0 Å². The Kier molecular flexibility index (Phi) is 11.9. The molecule has 23 rings (SSSR count). The van der Waals surface area contributed by atoms with Gasteiger partial charge in [0.1, 0.15) is 22.3 Å². The molecule has 0 fully saturated rings. The monoisotopic (exact) mass is 1340 g/mol. The maximum atomic E-state index is 6.50. The van der Waals surface area contributed by atoms with Crippen molar-refractivity contribution in [2.45, 2.75) is 30.1 Å². The molecule has 0 N–H and O–H groups in total. The van der Waals surface area contributed by atoms with Crippen molar-refractivity contribution in [1.82, 2.24) is 0 Å². The van der Waals surface area contributed by atoms with Crippen LogP contribution in [0.1, 0.15) is 69.5 Å². The summed E-state index contributed by atoms with van der Waals surface area (Å²) >= 11 is 0. The van der Waals surface area contributed by atoms with E-state index in [1.165, 1.54) is 117 Å². The molecule has 0 saturated heterocycles. The summed E-state index contributed by atoms with van der Waals surface area (Å²) < 4.78 is 13.0. The highest BCUT2D eigenvalue weighted by Gasteiger charge is 2.54. The van der Waals surface area contributed by atoms with Gasteiger partial charge in [-0.1, -0.05) is 263 Å². The lowest BCUT2D eigenvalue weighted by molar-refractivity contribution is 0.660. The molecule has 4 nitrogen and oxygen atoms in total. The molecule has 18 aromatic rings. The minimum absolute atomic E-state index is 0.184. The number of fused-ring (bicyclic) bond motifs is 29. The second-order valence-electron chi connectivity index (χ2n) is 29.7. The lowest BCUT2D eigenvalue weighted by Gasteiger charge is -2.32. The van der Waals surface area contributed by atoms with Crippen molar-refractivity contribution in [3.05, 3.63) is 407 Å². The largest absolute Gasteiger partial charge is 0.456 e. The predicted molar refractivity (Wildman–Crippen MR) is 431 cm³/mol. The summed E-state index contributed by atoms with van der Waals surface area (Å²) in [5.74, 6) is 0. The molecule has 5 aliphatic rings. The quantitative estimate of drug-likeness (QED) is 0.152. The van der Waals surface area contributed by atoms with Crippen LogP contribution in [0.3, 0.4) is 0 Å². The second-order valence-corrected chi connectivity index (χ2v) is 29.7. The third kappa shape index (κ3) is 7.84. The molecule has 0 aliphatic heterocycles. The first-order valence-corrected chi connectivity index (χ1v) is 36.6. The van der Waals surface area contributed by atoms with Crippen molar-refractivity contribution in [3.63, 3.8) is 0 Å². The molecule has 2 heterocycles. The molecule has 1 unspecified atom stereocenters. The standard InChI is InChI=1S/C101H64N2O2/c1-99(2)83-31-11-3-23-70(83)75-51-46-69(60-91(75)99)102(67-48-53-96-81(58-67)77-28-9-17-39-94(77)104-96)66-47-52-89-80(57-66)74-27-7-15-35-87(74)101(89)86-34-14-6-26-73(86)76-50-43-64(56-92(76)101)63-22-19-21-62(55-63)61-41-44-65(45-42-61)103(68-49-54-97-82(59-68)78-29-10-18-40-95(78)105-97)93-38-20-37-90-98(93)79-30-8-16-36-88(79)100(90)84-32-12-4-24-71(84)72-25-5-13-33-85(72)100/h3-60H,1-2H3. The van der Waals surface area contributed by atoms with Crippen LogP contribution in [0.4, 0.5) is 34.1 Å². The van der Waals surface area contributed by atoms with Gasteiger partial charge in [0.05, 0.1) is 16.5 Å². The summed E-state index contributed by atoms with van der Waals surface area (Å²) in [6.07, 6.45) is 0. The minimum Gasteiger partial charge on any atom is -0.456 e. The number of furan rings is 2. The Morgan fingerprint density at radius 2 is 0.590 bits per heavy atom. The average molecular weight is 1340 g/mol. The van der Waals surface area contributed by atoms with Crippen molar-refractivity contribution in [1.29, 1.82) is 0 Å². The van der Waals surface area contributed by atoms with Crippen LogP contribution in [0.15, 0.2) is 361 Å². The number of benzene rings is 16. The lowest BCUT2D eigenvalue weighted by Crippen LogP contribution is -2.26. The van der Waals surface area contributed by atoms with Gasteiger partial charge in [-0.2, -0.15) is 0 Å². The number of para-hydroxylation sites is 2. The van der Waals surface area contributed by atoms with Crippen molar-refractivity contribution in [2.75, 3.05) is 9.80 Å². The second kappa shape index (κ2) is 21.4. The van der Waals surface area contributed by atoms with E-state index >= 15 is 0 Å². The average Bonchev–Trinajstić information content (AvgIpc) is 1.51. The first-order chi connectivity index (χ1) is 51.8. The highest BCUT2D eigenvalue weighted by Crippen LogP contribution is 2.67. The highest BCUT2D eigenvalue weighted by molar-refractivity contribution is 6.10. The van der Waals surface area contributed by atoms with E-state index in [9.17, 15) is 0 Å². The van der Waals surface area contributed by atoms with Gasteiger partial charge in [0.15, 0.2) is 0 Å². The molecule has 2 aromatic heterocycles. The first-order valence-electron chi connectivity index (χ1n) is 36.6. The number of anilines is 6. The molecule has 5 aliphatic carbocycles. The zero-order valence-electron chi connectivity index (χ0n) is 57.7. The minimum atomic E-state index is -0.586. The van der Waals surface area contributed by atoms with E-state index in [2.05, 4.69) is 369 Å². The van der Waals surface area contributed by atoms with E-state index in [0.29, 0.717) is 0 Å². The van der Waals surface area contributed by atoms with Crippen molar-refractivity contribution in [2.24, 2.45) is 0 Å². The first kappa shape index (κ1) is 58.4. The van der Waals surface area contributed by atoms with Crippen LogP contribution >= 0.6 is 0 Å². The molecule has 16 aromatic carbocycles. The fourth-order valence-corrected chi connectivity index (χ4v) is 19.9. The molecular weight excluding hydrogens is 1270 g/mol. The van der Waals surface area contributed by atoms with E-state index in [1.54, 1.807) is 0 Å². The van der Waals surface area contributed by atoms with Crippen LogP contribution in [0, 0.1) is 0 Å². The van der Waals surface area contributed by atoms with Crippen molar-refractivity contribution < 1.29 is 8.83 Å². The molecule has 490 valence electrons. The highest BCUT2D eigenvalue weighted by atomic mass is 16.3. The fraction of sp³-hybridized carbons (Fsp3) is 0.0495. The molecule has 0 bridgehead atoms. The predicted octanol–water partition coefficient (Wildman–Crippen LogP) is 26.8. The Balaban J connectivity index is 0.649. The molecule has 2 spiro atoms. The number of hydrogen-bond donors (Lipinski definition) is 0. The third-order valence-corrected chi connectivity index (χ3v) is 24.3. The topological polar surface area (TPSA) is 32.8 Å². The Morgan fingerprint density at radius 3 is 1.21 bits per heavy atom. The van der Waals surface area contributed by atoms with Gasteiger partial charge in [0, 0.05) is 61.0 Å². The van der Waals surface area contributed by atoms with Gasteiger partial charge in [-0.3, -0.25) is 0 Å². The van der Waals surface area contributed by atoms with Crippen LogP contribution < -0.4 is 9.80 Å². The van der Waals surface area contributed by atoms with E-state index in [4.69, 9.17) is 8.83 Å². The molecule has 0 saturated carbocycles. The van der Waals surface area contributed by atoms with Gasteiger partial charge in [0.2, 0.25) is 0 Å². The maximum absolute atomic E-state index is 6.50. The Morgan fingerprint density at radius 1 is 0.210 bits per heavy atom. The Bertz CT molecular complexity index is 6750. The number of hydrogen-bond acceptors (Lipinski definition) is 4. The molecule has 1 atom stereocenters. The van der Waals surface area contributed by atoms with E-state index in [0.717, 1.165) is 94.7 Å². The van der Waals surface area contributed by atoms with Gasteiger partial charge in [0.25, 0.3) is 0 Å². The molecule has 4 heteroatoms. The molecule has 105 heavy (non-hydrogen) atoms. The van der Waals surface area contributed by atoms with Gasteiger partial charge in [-0.15, -0.1) is 0 Å². The summed E-state index contributed by atoms with van der Waals surface area (Å²) in [6, 6.07) is 132. The smallest absolute Gasteiger partial charge is 0.135 e. The summed E-state index contributed by atoms with van der Waals surface area (Å²) in [7, 11) is 0. The van der Waals surface area contributed by atoms with Crippen LogP contribution in [0.25, 0.3) is 122 Å². The molecular formula is C101H64N2O2. The van der Waals surface area contributed by atoms with Gasteiger partial charge < -0.3 is 18.6 Å². The zero-order chi connectivity index (χ0) is 69.0. The Hall–Kier alpha value is -13.3. The van der Waals surface area contributed by atoms with Crippen LogP contribution in [0.2, 0.25) is 0 Å². The fourth-order valence-electron chi connectivity index (χ4n) is 19.9. The van der Waals surface area contributed by atoms with E-state index < -0.39 is 10.8 Å². The van der Waals surface area contributed by atoms with E-state index in [-0.39, 0.29) is 5.41 Å². The number of rotatable bonds is 8. The SMILES string of the molecule is CC1(C)c2ccccc2-c2ccc(N(c3ccc4c(c3)-c3ccccc3C43c4ccccc4-c4ccc(-c5cccc(-c6ccc(N(c7ccc8oc9ccccc9c8c7)c7cccc8c7-c7ccccc7C87c8ccccc8-c8ccccc87)cc6)c5)cc43)c3ccc4oc5ccccc5c4c3)cc21. The van der Waals surface area contributed by atoms with Crippen LogP contribution in [0.5, 0.6) is 0 Å². The summed E-state index contributed by atoms with van der Waals surface area (Å²) in [6.45, 7) is 4.74. The third-order valence-electron chi connectivity index (χ3n) is 24.3.